The second-order valence-corrected chi connectivity index (χ2v) is 10.0. The van der Waals surface area contributed by atoms with Crippen molar-refractivity contribution in [2.45, 2.75) is 51.6 Å². The number of aryl methyl sites for hydroxylation is 2. The number of fused-ring (bicyclic) bond motifs is 3. The van der Waals surface area contributed by atoms with Crippen molar-refractivity contribution < 1.29 is 35.6 Å². The molecule has 2 aliphatic rings. The van der Waals surface area contributed by atoms with Crippen LogP contribution in [0.25, 0.3) is 33.3 Å². The van der Waals surface area contributed by atoms with Crippen molar-refractivity contribution in [3.8, 4) is 11.3 Å². The molecule has 13 heteroatoms. The van der Waals surface area contributed by atoms with E-state index in [1.807, 2.05) is 0 Å². The maximum absolute atomic E-state index is 13.8. The number of halogens is 5. The monoisotopic (exact) mass is 572 g/mol. The van der Waals surface area contributed by atoms with Gasteiger partial charge < -0.3 is 18.7 Å². The van der Waals surface area contributed by atoms with E-state index < -0.39 is 35.0 Å². The van der Waals surface area contributed by atoms with Gasteiger partial charge in [-0.1, -0.05) is 0 Å². The molecule has 0 unspecified atom stereocenters. The molecule has 5 aromatic rings. The molecule has 3 aromatic heterocycles. The highest BCUT2D eigenvalue weighted by Crippen LogP contribution is 2.38. The minimum absolute atomic E-state index is 0.0382. The number of benzene rings is 2. The number of carbonyl (C=O) groups is 1. The lowest BCUT2D eigenvalue weighted by atomic mass is 10.1. The van der Waals surface area contributed by atoms with Crippen molar-refractivity contribution >= 4 is 27.9 Å². The Kier molecular flexibility index (Phi) is 6.39. The molecule has 0 radical (unpaired) electrons. The van der Waals surface area contributed by atoms with E-state index in [-0.39, 0.29) is 51.7 Å². The van der Waals surface area contributed by atoms with E-state index in [0.29, 0.717) is 28.9 Å². The summed E-state index contributed by atoms with van der Waals surface area (Å²) in [6, 6.07) is 3.30. The van der Waals surface area contributed by atoms with Gasteiger partial charge in [-0.3, -0.25) is 9.59 Å². The summed E-state index contributed by atoms with van der Waals surface area (Å²) in [5.74, 6) is -5.76. The number of rotatable bonds is 4. The zero-order valence-electron chi connectivity index (χ0n) is 21.7. The van der Waals surface area contributed by atoms with E-state index in [9.17, 15) is 31.5 Å². The number of hydrogen-bond acceptors (Lipinski definition) is 6. The van der Waals surface area contributed by atoms with Crippen LogP contribution in [0.3, 0.4) is 0 Å². The van der Waals surface area contributed by atoms with Crippen molar-refractivity contribution in [2.24, 2.45) is 0 Å². The van der Waals surface area contributed by atoms with Gasteiger partial charge in [0.1, 0.15) is 5.82 Å². The number of hydrogen-bond donors (Lipinski definition) is 1. The van der Waals surface area contributed by atoms with Gasteiger partial charge in [-0.25, -0.2) is 31.9 Å². The Bertz CT molecular complexity index is 1920. The number of carbonyl (C=O) groups excluding carboxylic acids is 1. The molecule has 0 aliphatic heterocycles. The first-order chi connectivity index (χ1) is 19.5. The second kappa shape index (κ2) is 9.82. The van der Waals surface area contributed by atoms with Crippen LogP contribution >= 0.6 is 0 Å². The molecule has 0 saturated heterocycles. The van der Waals surface area contributed by atoms with E-state index in [0.717, 1.165) is 37.8 Å². The fourth-order valence-corrected chi connectivity index (χ4v) is 4.53. The molecule has 2 aliphatic carbocycles. The van der Waals surface area contributed by atoms with Crippen LogP contribution in [0.4, 0.5) is 22.0 Å². The van der Waals surface area contributed by atoms with E-state index in [1.54, 1.807) is 6.92 Å². The van der Waals surface area contributed by atoms with Gasteiger partial charge in [-0.05, 0) is 37.8 Å². The summed E-state index contributed by atoms with van der Waals surface area (Å²) in [6.07, 6.45) is 3.46. The van der Waals surface area contributed by atoms with E-state index in [4.69, 9.17) is 8.83 Å². The Morgan fingerprint density at radius 2 is 1.49 bits per heavy atom. The number of amides is 1. The van der Waals surface area contributed by atoms with Gasteiger partial charge in [0.15, 0.2) is 57.6 Å². The summed E-state index contributed by atoms with van der Waals surface area (Å²) in [4.78, 5) is 32.5. The van der Waals surface area contributed by atoms with Gasteiger partial charge in [0.2, 0.25) is 0 Å². The molecule has 41 heavy (non-hydrogen) atoms. The van der Waals surface area contributed by atoms with Crippen LogP contribution in [0.15, 0.2) is 37.9 Å². The zero-order valence-corrected chi connectivity index (χ0v) is 21.7. The Balaban J connectivity index is 0.000000148. The van der Waals surface area contributed by atoms with Crippen molar-refractivity contribution in [3.63, 3.8) is 0 Å². The van der Waals surface area contributed by atoms with Gasteiger partial charge in [-0.15, -0.1) is 0 Å². The standard InChI is InChI=1S/C14H11F3N2O2.C14H10F2N2O2/c1-6-18-12(14(20)19-7-2-3-7)13(21-6)8-4-10(16)11(17)5-9(8)15;1-6-17-12-13(20-6)8-4-9(15)10(16)5-11(8)18(14(12)19)7-2-3-7/h4-5,7H,2-3H2,1H3,(H,19,20);4-5,7H,2-3H2,1H3. The quantitative estimate of drug-likeness (QED) is 0.209. The van der Waals surface area contributed by atoms with Crippen LogP contribution in [-0.2, 0) is 0 Å². The molecule has 212 valence electrons. The smallest absolute Gasteiger partial charge is 0.281 e. The molecule has 7 rings (SSSR count). The van der Waals surface area contributed by atoms with Gasteiger partial charge in [0, 0.05) is 43.5 Å². The number of nitrogens with one attached hydrogen (secondary N) is 1. The van der Waals surface area contributed by atoms with Crippen molar-refractivity contribution in [1.29, 1.82) is 0 Å². The van der Waals surface area contributed by atoms with Crippen LogP contribution in [0.2, 0.25) is 0 Å². The molecule has 1 N–H and O–H groups in total. The molecule has 2 saturated carbocycles. The van der Waals surface area contributed by atoms with E-state index >= 15 is 0 Å². The molecule has 1 amide bonds. The molecule has 2 aromatic carbocycles. The van der Waals surface area contributed by atoms with Gasteiger partial charge in [0.25, 0.3) is 11.5 Å². The number of aromatic nitrogens is 3. The molecule has 3 heterocycles. The first kappa shape index (κ1) is 26.7. The average molecular weight is 572 g/mol. The lowest BCUT2D eigenvalue weighted by molar-refractivity contribution is 0.0947. The highest BCUT2D eigenvalue weighted by atomic mass is 19.2. The van der Waals surface area contributed by atoms with Crippen LogP contribution in [0, 0.1) is 42.9 Å². The molecular weight excluding hydrogens is 551 g/mol. The third-order valence-corrected chi connectivity index (χ3v) is 6.73. The molecule has 0 spiro atoms. The lowest BCUT2D eigenvalue weighted by Gasteiger charge is -2.09. The zero-order chi connectivity index (χ0) is 29.2. The van der Waals surface area contributed by atoms with Crippen molar-refractivity contribution in [1.82, 2.24) is 19.9 Å². The number of pyridine rings is 1. The minimum Gasteiger partial charge on any atom is -0.440 e. The Hall–Kier alpha value is -4.55. The van der Waals surface area contributed by atoms with Crippen LogP contribution in [0.5, 0.6) is 0 Å². The van der Waals surface area contributed by atoms with Gasteiger partial charge in [-0.2, -0.15) is 0 Å². The van der Waals surface area contributed by atoms with Crippen LogP contribution < -0.4 is 10.9 Å². The second-order valence-electron chi connectivity index (χ2n) is 10.0. The van der Waals surface area contributed by atoms with Crippen LogP contribution in [0.1, 0.15) is 54.0 Å². The minimum atomic E-state index is -1.31. The third kappa shape index (κ3) is 4.96. The van der Waals surface area contributed by atoms with Gasteiger partial charge in [0.05, 0.1) is 11.1 Å². The molecular formula is C28H21F5N4O4. The predicted octanol–water partition coefficient (Wildman–Crippen LogP) is 6.02. The molecule has 0 bridgehead atoms. The molecule has 2 fully saturated rings. The Morgan fingerprint density at radius 3 is 2.17 bits per heavy atom. The van der Waals surface area contributed by atoms with E-state index in [2.05, 4.69) is 15.3 Å². The summed E-state index contributed by atoms with van der Waals surface area (Å²) in [5.41, 5.74) is -0.0242. The number of oxazole rings is 2. The SMILES string of the molecule is Cc1nc(C(=O)NC2CC2)c(-c2cc(F)c(F)cc2F)o1.Cc1nc2c(=O)n(C3CC3)c3cc(F)c(F)cc3c2o1. The predicted molar refractivity (Wildman–Crippen MR) is 136 cm³/mol. The Labute approximate surface area is 227 Å². The average Bonchev–Trinajstić information content (AvgIpc) is 3.84. The highest BCUT2D eigenvalue weighted by molar-refractivity contribution is 6.01. The summed E-state index contributed by atoms with van der Waals surface area (Å²) >= 11 is 0. The fourth-order valence-electron chi connectivity index (χ4n) is 4.53. The fraction of sp³-hybridized carbons (Fsp3) is 0.286. The maximum Gasteiger partial charge on any atom is 0.281 e. The van der Waals surface area contributed by atoms with Crippen molar-refractivity contribution in [2.75, 3.05) is 0 Å². The largest absolute Gasteiger partial charge is 0.440 e. The van der Waals surface area contributed by atoms with Crippen LogP contribution in [-0.4, -0.2) is 26.5 Å². The molecule has 8 nitrogen and oxygen atoms in total. The highest BCUT2D eigenvalue weighted by Gasteiger charge is 2.30. The molecule has 0 atom stereocenters. The first-order valence-corrected chi connectivity index (χ1v) is 12.8. The topological polar surface area (TPSA) is 103 Å². The summed E-state index contributed by atoms with van der Waals surface area (Å²) in [7, 11) is 0. The summed E-state index contributed by atoms with van der Waals surface area (Å²) in [6.45, 7) is 3.10. The van der Waals surface area contributed by atoms with Gasteiger partial charge >= 0.3 is 0 Å². The maximum atomic E-state index is 13.8. The lowest BCUT2D eigenvalue weighted by Crippen LogP contribution is -2.26. The normalized spacial score (nSPS) is 14.8. The Morgan fingerprint density at radius 1 is 0.854 bits per heavy atom. The third-order valence-electron chi connectivity index (χ3n) is 6.73. The first-order valence-electron chi connectivity index (χ1n) is 12.8. The summed E-state index contributed by atoms with van der Waals surface area (Å²) < 4.78 is 79.2. The summed E-state index contributed by atoms with van der Waals surface area (Å²) in [5, 5.41) is 3.07. The van der Waals surface area contributed by atoms with E-state index in [1.165, 1.54) is 11.5 Å². The van der Waals surface area contributed by atoms with Crippen molar-refractivity contribution in [3.05, 3.63) is 81.2 Å². The number of nitrogens with zero attached hydrogens (tertiary/aromatic N) is 3.